The zero-order chi connectivity index (χ0) is 16.3. The van der Waals surface area contributed by atoms with E-state index in [2.05, 4.69) is 58.0 Å². The highest BCUT2D eigenvalue weighted by Gasteiger charge is 2.13. The van der Waals surface area contributed by atoms with Crippen molar-refractivity contribution in [1.82, 2.24) is 0 Å². The maximum Gasteiger partial charge on any atom is 0.143 e. The molecule has 1 heteroatoms. The minimum atomic E-state index is 0.515. The first-order valence-electron chi connectivity index (χ1n) is 7.78. The molecule has 0 unspecified atom stereocenters. The molecule has 1 nitrogen and oxygen atoms in total. The Kier molecular flexibility index (Phi) is 4.97. The number of fused-ring (bicyclic) bond motifs is 1. The van der Waals surface area contributed by atoms with E-state index in [4.69, 9.17) is 0 Å². The van der Waals surface area contributed by atoms with Crippen LogP contribution in [0.3, 0.4) is 0 Å². The summed E-state index contributed by atoms with van der Waals surface area (Å²) in [4.78, 5) is 10.5. The molecule has 0 amide bonds. The highest BCUT2D eigenvalue weighted by atomic mass is 16.1. The third kappa shape index (κ3) is 3.36. The van der Waals surface area contributed by atoms with Crippen molar-refractivity contribution in [1.29, 1.82) is 0 Å². The van der Waals surface area contributed by atoms with Crippen LogP contribution in [-0.4, -0.2) is 6.29 Å². The molecule has 2 rings (SSSR count). The molecular weight excluding hydrogens is 268 g/mol. The number of hydrogen-bond donors (Lipinski definition) is 0. The SMILES string of the molecule is CC(C=Cc1cc2c(C)ccc(C(C)C)cc-2c1C)=CC=O. The van der Waals surface area contributed by atoms with E-state index in [1.54, 1.807) is 6.08 Å². The van der Waals surface area contributed by atoms with Crippen molar-refractivity contribution in [2.75, 3.05) is 0 Å². The summed E-state index contributed by atoms with van der Waals surface area (Å²) >= 11 is 0. The minimum absolute atomic E-state index is 0.515. The molecule has 0 aliphatic heterocycles. The van der Waals surface area contributed by atoms with Crippen molar-refractivity contribution < 1.29 is 4.79 Å². The predicted molar refractivity (Wildman–Crippen MR) is 95.5 cm³/mol. The lowest BCUT2D eigenvalue weighted by Crippen LogP contribution is -1.84. The summed E-state index contributed by atoms with van der Waals surface area (Å²) in [6.45, 7) is 10.7. The quantitative estimate of drug-likeness (QED) is 0.402. The van der Waals surface area contributed by atoms with E-state index in [1.807, 2.05) is 13.0 Å². The molecule has 0 radical (unpaired) electrons. The van der Waals surface area contributed by atoms with Gasteiger partial charge in [-0.15, -0.1) is 0 Å². The smallest absolute Gasteiger partial charge is 0.143 e. The van der Waals surface area contributed by atoms with E-state index >= 15 is 0 Å². The maximum atomic E-state index is 10.5. The van der Waals surface area contributed by atoms with Gasteiger partial charge >= 0.3 is 0 Å². The molecule has 0 saturated heterocycles. The van der Waals surface area contributed by atoms with Gasteiger partial charge in [-0.3, -0.25) is 4.79 Å². The summed E-state index contributed by atoms with van der Waals surface area (Å²) in [6.07, 6.45) is 6.50. The number of aryl methyl sites for hydroxylation is 1. The van der Waals surface area contributed by atoms with Gasteiger partial charge in [0.1, 0.15) is 6.29 Å². The van der Waals surface area contributed by atoms with E-state index in [0.717, 1.165) is 11.9 Å². The van der Waals surface area contributed by atoms with Gasteiger partial charge in [0.05, 0.1) is 0 Å². The van der Waals surface area contributed by atoms with Crippen LogP contribution < -0.4 is 0 Å². The second-order valence-electron chi connectivity index (χ2n) is 6.25. The van der Waals surface area contributed by atoms with Gasteiger partial charge in [-0.25, -0.2) is 0 Å². The average molecular weight is 292 g/mol. The van der Waals surface area contributed by atoms with Crippen LogP contribution in [0.25, 0.3) is 17.2 Å². The summed E-state index contributed by atoms with van der Waals surface area (Å²) < 4.78 is 0. The molecule has 0 spiro atoms. The number of rotatable bonds is 4. The summed E-state index contributed by atoms with van der Waals surface area (Å²) in [5.74, 6) is 0.515. The lowest BCUT2D eigenvalue weighted by molar-refractivity contribution is -0.104. The summed E-state index contributed by atoms with van der Waals surface area (Å²) in [5, 5.41) is 0. The Morgan fingerprint density at radius 2 is 1.82 bits per heavy atom. The lowest BCUT2D eigenvalue weighted by Gasteiger charge is -2.03. The maximum absolute atomic E-state index is 10.5. The molecule has 114 valence electrons. The third-order valence-electron chi connectivity index (χ3n) is 4.21. The Hall–Kier alpha value is -2.15. The first-order chi connectivity index (χ1) is 10.4. The zero-order valence-electron chi connectivity index (χ0n) is 14.1. The number of carbonyl (C=O) groups excluding carboxylic acids is 1. The van der Waals surface area contributed by atoms with Crippen LogP contribution in [0.5, 0.6) is 0 Å². The van der Waals surface area contributed by atoms with Gasteiger partial charge < -0.3 is 0 Å². The Balaban J connectivity index is 2.57. The lowest BCUT2D eigenvalue weighted by atomic mass is 10.0. The van der Waals surface area contributed by atoms with Crippen molar-refractivity contribution in [3.63, 3.8) is 0 Å². The van der Waals surface area contributed by atoms with Crippen molar-refractivity contribution in [3.8, 4) is 11.1 Å². The average Bonchev–Trinajstić information content (AvgIpc) is 2.67. The van der Waals surface area contributed by atoms with Crippen LogP contribution in [0.2, 0.25) is 0 Å². The van der Waals surface area contributed by atoms with Crippen molar-refractivity contribution >= 4 is 12.4 Å². The van der Waals surface area contributed by atoms with Crippen molar-refractivity contribution in [3.05, 3.63) is 64.2 Å². The Morgan fingerprint density at radius 3 is 2.45 bits per heavy atom. The van der Waals surface area contributed by atoms with Crippen LogP contribution in [0, 0.1) is 13.8 Å². The highest BCUT2D eigenvalue weighted by Crippen LogP contribution is 2.35. The molecule has 2 aliphatic rings. The Bertz CT molecular complexity index is 717. The predicted octanol–water partition coefficient (Wildman–Crippen LogP) is 5.69. The number of hydrogen-bond acceptors (Lipinski definition) is 1. The van der Waals surface area contributed by atoms with Crippen LogP contribution in [0.15, 0.2) is 42.0 Å². The Labute approximate surface area is 133 Å². The van der Waals surface area contributed by atoms with Gasteiger partial charge in [0.15, 0.2) is 0 Å². The number of allylic oxidation sites excluding steroid dienone is 3. The first kappa shape index (κ1) is 16.2. The highest BCUT2D eigenvalue weighted by molar-refractivity contribution is 5.81. The van der Waals surface area contributed by atoms with Gasteiger partial charge in [-0.05, 0) is 77.8 Å². The zero-order valence-corrected chi connectivity index (χ0v) is 14.1. The van der Waals surface area contributed by atoms with Gasteiger partial charge in [0.2, 0.25) is 0 Å². The van der Waals surface area contributed by atoms with Crippen LogP contribution in [0.4, 0.5) is 0 Å². The molecule has 0 atom stereocenters. The van der Waals surface area contributed by atoms with Crippen LogP contribution >= 0.6 is 0 Å². The van der Waals surface area contributed by atoms with Gasteiger partial charge in [-0.1, -0.05) is 44.2 Å². The van der Waals surface area contributed by atoms with E-state index in [9.17, 15) is 4.79 Å². The molecular formula is C21H24O. The topological polar surface area (TPSA) is 17.1 Å². The molecule has 2 aliphatic carbocycles. The van der Waals surface area contributed by atoms with E-state index < -0.39 is 0 Å². The minimum Gasteiger partial charge on any atom is -0.299 e. The van der Waals surface area contributed by atoms with Gasteiger partial charge in [0.25, 0.3) is 0 Å². The molecule has 0 aromatic heterocycles. The second kappa shape index (κ2) is 6.74. The fourth-order valence-corrected chi connectivity index (χ4v) is 2.65. The molecule has 0 heterocycles. The number of carbonyl (C=O) groups is 1. The number of aldehydes is 1. The van der Waals surface area contributed by atoms with E-state index in [0.29, 0.717) is 5.92 Å². The van der Waals surface area contributed by atoms with Crippen molar-refractivity contribution in [2.24, 2.45) is 0 Å². The van der Waals surface area contributed by atoms with Gasteiger partial charge in [0, 0.05) is 0 Å². The first-order valence-corrected chi connectivity index (χ1v) is 7.78. The third-order valence-corrected chi connectivity index (χ3v) is 4.21. The van der Waals surface area contributed by atoms with Crippen molar-refractivity contribution in [2.45, 2.75) is 40.5 Å². The normalized spacial score (nSPS) is 12.5. The molecule has 0 saturated carbocycles. The Morgan fingerprint density at radius 1 is 1.09 bits per heavy atom. The standard InChI is InChI=1S/C21H24O/c1-14(2)18-9-7-16(4)20-13-19(17(5)21(20)12-18)8-6-15(3)10-11-22/h6-14H,1-5H3. The summed E-state index contributed by atoms with van der Waals surface area (Å²) in [6, 6.07) is 9.00. The fourth-order valence-electron chi connectivity index (χ4n) is 2.65. The fraction of sp³-hybridized carbons (Fsp3) is 0.286. The largest absolute Gasteiger partial charge is 0.299 e. The van der Waals surface area contributed by atoms with Crippen LogP contribution in [0.1, 0.15) is 48.9 Å². The van der Waals surface area contributed by atoms with Crippen LogP contribution in [-0.2, 0) is 4.79 Å². The molecule has 0 N–H and O–H groups in total. The molecule has 22 heavy (non-hydrogen) atoms. The van der Waals surface area contributed by atoms with E-state index in [1.165, 1.54) is 33.4 Å². The van der Waals surface area contributed by atoms with Gasteiger partial charge in [-0.2, -0.15) is 0 Å². The monoisotopic (exact) mass is 292 g/mol. The molecule has 0 aromatic rings. The molecule has 0 aromatic carbocycles. The molecule has 0 bridgehead atoms. The second-order valence-corrected chi connectivity index (χ2v) is 6.25. The van der Waals surface area contributed by atoms with E-state index in [-0.39, 0.29) is 0 Å². The molecule has 0 fully saturated rings. The summed E-state index contributed by atoms with van der Waals surface area (Å²) in [5.41, 5.74) is 8.77. The summed E-state index contributed by atoms with van der Waals surface area (Å²) in [7, 11) is 0.